The van der Waals surface area contributed by atoms with Crippen molar-refractivity contribution in [2.45, 2.75) is 39.4 Å². The van der Waals surface area contributed by atoms with Gasteiger partial charge in [-0.25, -0.2) is 0 Å². The molecule has 0 spiro atoms. The van der Waals surface area contributed by atoms with Crippen molar-refractivity contribution >= 4 is 23.5 Å². The number of aryl methyl sites for hydroxylation is 1. The van der Waals surface area contributed by atoms with Crippen LogP contribution in [0.3, 0.4) is 0 Å². The summed E-state index contributed by atoms with van der Waals surface area (Å²) in [7, 11) is 4.00. The predicted octanol–water partition coefficient (Wildman–Crippen LogP) is 3.40. The minimum Gasteiger partial charge on any atom is -0.357 e. The number of aliphatic imine (C=N–C) groups is 1. The molecule has 1 aromatic heterocycles. The molecule has 1 aliphatic heterocycles. The van der Waals surface area contributed by atoms with Gasteiger partial charge in [-0.05, 0) is 30.5 Å². The van der Waals surface area contributed by atoms with Crippen molar-refractivity contribution in [3.63, 3.8) is 0 Å². The Labute approximate surface area is 178 Å². The molecule has 3 rings (SSSR count). The highest BCUT2D eigenvalue weighted by atomic mass is 35.5. The number of amides is 1. The van der Waals surface area contributed by atoms with E-state index in [-0.39, 0.29) is 5.91 Å². The van der Waals surface area contributed by atoms with Gasteiger partial charge in [0.1, 0.15) is 0 Å². The van der Waals surface area contributed by atoms with Crippen LogP contribution in [-0.2, 0) is 31.5 Å². The van der Waals surface area contributed by atoms with Gasteiger partial charge >= 0.3 is 0 Å². The van der Waals surface area contributed by atoms with Crippen LogP contribution in [0.4, 0.5) is 0 Å². The number of halogens is 1. The summed E-state index contributed by atoms with van der Waals surface area (Å²) in [4.78, 5) is 21.3. The average molecular weight is 416 g/mol. The molecule has 2 aromatic rings. The van der Waals surface area contributed by atoms with Crippen molar-refractivity contribution in [1.82, 2.24) is 19.7 Å². The van der Waals surface area contributed by atoms with Crippen LogP contribution in [0, 0.1) is 0 Å². The molecule has 0 fully saturated rings. The summed E-state index contributed by atoms with van der Waals surface area (Å²) in [6.07, 6.45) is 3.16. The standard InChI is InChI=1S/C22H30ClN5O/c1-4-24-22(27(3)16-20-12-19(23)15-26(20)2)25-11-7-10-21(29)28-13-17-8-5-6-9-18(17)14-28/h5-6,8-9,12,15H,4,7,10-11,13-14,16H2,1-3H3,(H,24,25). The maximum Gasteiger partial charge on any atom is 0.223 e. The van der Waals surface area contributed by atoms with Crippen molar-refractivity contribution < 1.29 is 4.79 Å². The maximum absolute atomic E-state index is 12.5. The van der Waals surface area contributed by atoms with Crippen LogP contribution < -0.4 is 5.32 Å². The monoisotopic (exact) mass is 415 g/mol. The zero-order valence-electron chi connectivity index (χ0n) is 17.5. The zero-order chi connectivity index (χ0) is 20.8. The van der Waals surface area contributed by atoms with E-state index in [1.165, 1.54) is 11.1 Å². The van der Waals surface area contributed by atoms with E-state index in [1.54, 1.807) is 0 Å². The lowest BCUT2D eigenvalue weighted by Gasteiger charge is -2.22. The largest absolute Gasteiger partial charge is 0.357 e. The molecule has 29 heavy (non-hydrogen) atoms. The minimum atomic E-state index is 0.202. The number of benzene rings is 1. The van der Waals surface area contributed by atoms with Crippen molar-refractivity contribution in [1.29, 1.82) is 0 Å². The lowest BCUT2D eigenvalue weighted by molar-refractivity contribution is -0.131. The number of guanidine groups is 1. The number of nitrogens with zero attached hydrogens (tertiary/aromatic N) is 4. The number of fused-ring (bicyclic) bond motifs is 1. The number of nitrogens with one attached hydrogen (secondary N) is 1. The van der Waals surface area contributed by atoms with Crippen molar-refractivity contribution in [3.8, 4) is 0 Å². The van der Waals surface area contributed by atoms with Crippen LogP contribution in [0.25, 0.3) is 0 Å². The Morgan fingerprint density at radius 2 is 1.97 bits per heavy atom. The van der Waals surface area contributed by atoms with Crippen LogP contribution in [0.2, 0.25) is 5.02 Å². The van der Waals surface area contributed by atoms with E-state index in [2.05, 4.69) is 29.3 Å². The summed E-state index contributed by atoms with van der Waals surface area (Å²) in [5, 5.41) is 4.06. The number of hydrogen-bond acceptors (Lipinski definition) is 2. The fourth-order valence-electron chi connectivity index (χ4n) is 3.59. The highest BCUT2D eigenvalue weighted by Gasteiger charge is 2.22. The molecule has 6 nitrogen and oxygen atoms in total. The highest BCUT2D eigenvalue weighted by molar-refractivity contribution is 6.30. The molecule has 0 atom stereocenters. The maximum atomic E-state index is 12.5. The third-order valence-electron chi connectivity index (χ3n) is 5.17. The predicted molar refractivity (Wildman–Crippen MR) is 118 cm³/mol. The van der Waals surface area contributed by atoms with Crippen LogP contribution in [-0.4, -0.2) is 46.4 Å². The van der Waals surface area contributed by atoms with Crippen LogP contribution >= 0.6 is 11.6 Å². The Morgan fingerprint density at radius 1 is 1.28 bits per heavy atom. The van der Waals surface area contributed by atoms with Gasteiger partial charge < -0.3 is 19.7 Å². The highest BCUT2D eigenvalue weighted by Crippen LogP contribution is 2.23. The fraction of sp³-hybridized carbons (Fsp3) is 0.455. The molecule has 1 aliphatic rings. The van der Waals surface area contributed by atoms with Crippen LogP contribution in [0.1, 0.15) is 36.6 Å². The molecular weight excluding hydrogens is 386 g/mol. The first-order valence-electron chi connectivity index (χ1n) is 10.1. The summed E-state index contributed by atoms with van der Waals surface area (Å²) in [6.45, 7) is 5.62. The Morgan fingerprint density at radius 3 is 2.55 bits per heavy atom. The Bertz CT molecular complexity index is 851. The summed E-state index contributed by atoms with van der Waals surface area (Å²) < 4.78 is 2.02. The molecule has 0 saturated carbocycles. The lowest BCUT2D eigenvalue weighted by Crippen LogP contribution is -2.39. The van der Waals surface area contributed by atoms with Gasteiger partial charge in [-0.3, -0.25) is 9.79 Å². The molecule has 1 amide bonds. The van der Waals surface area contributed by atoms with Crippen molar-refractivity contribution in [2.24, 2.45) is 12.0 Å². The van der Waals surface area contributed by atoms with Crippen LogP contribution in [0.15, 0.2) is 41.5 Å². The number of carbonyl (C=O) groups excluding carboxylic acids is 1. The summed E-state index contributed by atoms with van der Waals surface area (Å²) >= 11 is 6.08. The molecule has 1 N–H and O–H groups in total. The van der Waals surface area contributed by atoms with Crippen molar-refractivity contribution in [2.75, 3.05) is 20.1 Å². The third kappa shape index (κ3) is 5.54. The van der Waals surface area contributed by atoms with Gasteiger partial charge in [0, 0.05) is 58.6 Å². The van der Waals surface area contributed by atoms with E-state index in [4.69, 9.17) is 16.6 Å². The van der Waals surface area contributed by atoms with E-state index in [1.807, 2.05) is 48.0 Å². The van der Waals surface area contributed by atoms with E-state index >= 15 is 0 Å². The Balaban J connectivity index is 1.49. The molecule has 0 aliphatic carbocycles. The molecule has 1 aromatic carbocycles. The van der Waals surface area contributed by atoms with Gasteiger partial charge in [0.05, 0.1) is 11.6 Å². The van der Waals surface area contributed by atoms with Gasteiger partial charge in [0.25, 0.3) is 0 Å². The van der Waals surface area contributed by atoms with Gasteiger partial charge in [-0.15, -0.1) is 0 Å². The van der Waals surface area contributed by atoms with Crippen LogP contribution in [0.5, 0.6) is 0 Å². The smallest absolute Gasteiger partial charge is 0.223 e. The van der Waals surface area contributed by atoms with E-state index in [9.17, 15) is 4.79 Å². The molecule has 2 heterocycles. The Kier molecular flexibility index (Phi) is 7.20. The topological polar surface area (TPSA) is 52.9 Å². The second kappa shape index (κ2) is 9.83. The van der Waals surface area contributed by atoms with Gasteiger partial charge in [-0.1, -0.05) is 35.9 Å². The van der Waals surface area contributed by atoms with Gasteiger partial charge in [0.2, 0.25) is 5.91 Å². The minimum absolute atomic E-state index is 0.202. The first-order chi connectivity index (χ1) is 14.0. The Hall–Kier alpha value is -2.47. The molecule has 0 radical (unpaired) electrons. The molecular formula is C22H30ClN5O. The molecule has 0 bridgehead atoms. The molecule has 156 valence electrons. The van der Waals surface area contributed by atoms with Gasteiger partial charge in [-0.2, -0.15) is 0 Å². The number of carbonyl (C=O) groups is 1. The van der Waals surface area contributed by atoms with E-state index < -0.39 is 0 Å². The van der Waals surface area contributed by atoms with E-state index in [0.717, 1.165) is 42.7 Å². The summed E-state index contributed by atoms with van der Waals surface area (Å²) in [5.74, 6) is 1.04. The third-order valence-corrected chi connectivity index (χ3v) is 5.38. The molecule has 0 unspecified atom stereocenters. The molecule has 7 heteroatoms. The normalized spacial score (nSPS) is 13.5. The lowest BCUT2D eigenvalue weighted by atomic mass is 10.1. The van der Waals surface area contributed by atoms with Crippen molar-refractivity contribution in [3.05, 3.63) is 58.4 Å². The first kappa shape index (κ1) is 21.2. The zero-order valence-corrected chi connectivity index (χ0v) is 18.2. The first-order valence-corrected chi connectivity index (χ1v) is 10.5. The van der Waals surface area contributed by atoms with Gasteiger partial charge in [0.15, 0.2) is 5.96 Å². The fourth-order valence-corrected chi connectivity index (χ4v) is 3.87. The number of hydrogen-bond donors (Lipinski definition) is 1. The summed E-state index contributed by atoms with van der Waals surface area (Å²) in [6, 6.07) is 10.2. The second-order valence-corrected chi connectivity index (χ2v) is 7.91. The quantitative estimate of drug-likeness (QED) is 0.428. The number of rotatable bonds is 7. The second-order valence-electron chi connectivity index (χ2n) is 7.47. The number of aromatic nitrogens is 1. The average Bonchev–Trinajstić information content (AvgIpc) is 3.26. The van der Waals surface area contributed by atoms with E-state index in [0.29, 0.717) is 19.5 Å². The molecule has 0 saturated heterocycles. The SMILES string of the molecule is CCNC(=NCCCC(=O)N1Cc2ccccc2C1)N(C)Cc1cc(Cl)cn1C. The summed E-state index contributed by atoms with van der Waals surface area (Å²) in [5.41, 5.74) is 3.64.